The van der Waals surface area contributed by atoms with Crippen LogP contribution in [0.5, 0.6) is 0 Å². The molecule has 0 unspecified atom stereocenters. The molecule has 0 bridgehead atoms. The van der Waals surface area contributed by atoms with Gasteiger partial charge in [0.05, 0.1) is 11.9 Å². The van der Waals surface area contributed by atoms with Gasteiger partial charge < -0.3 is 0 Å². The Labute approximate surface area is 140 Å². The van der Waals surface area contributed by atoms with Crippen LogP contribution in [-0.2, 0) is 19.4 Å². The summed E-state index contributed by atoms with van der Waals surface area (Å²) >= 11 is 8.37. The van der Waals surface area contributed by atoms with E-state index in [1.807, 2.05) is 11.3 Å². The summed E-state index contributed by atoms with van der Waals surface area (Å²) in [6.45, 7) is 5.51. The summed E-state index contributed by atoms with van der Waals surface area (Å²) in [6.07, 6.45) is 7.50. The molecule has 0 aromatic carbocycles. The van der Waals surface area contributed by atoms with Gasteiger partial charge in [-0.15, -0.1) is 11.3 Å². The lowest BCUT2D eigenvalue weighted by atomic mass is 9.89. The minimum absolute atomic E-state index is 0.670. The van der Waals surface area contributed by atoms with Gasteiger partial charge in [-0.2, -0.15) is 0 Å². The lowest BCUT2D eigenvalue weighted by molar-refractivity contribution is 0.216. The molecule has 0 radical (unpaired) electrons. The predicted molar refractivity (Wildman–Crippen MR) is 92.7 cm³/mol. The zero-order valence-corrected chi connectivity index (χ0v) is 14.6. The van der Waals surface area contributed by atoms with Gasteiger partial charge in [-0.05, 0) is 56.7 Å². The highest BCUT2D eigenvalue weighted by Gasteiger charge is 2.23. The lowest BCUT2D eigenvalue weighted by Crippen LogP contribution is -2.29. The number of fused-ring (bicyclic) bond motifs is 3. The number of thiophene rings is 1. The fraction of sp³-hybridized carbons (Fsp3) is 0.647. The van der Waals surface area contributed by atoms with Gasteiger partial charge in [0, 0.05) is 4.88 Å². The summed E-state index contributed by atoms with van der Waals surface area (Å²) in [5.41, 5.74) is 1.42. The molecule has 4 rings (SSSR count). The van der Waals surface area contributed by atoms with Crippen molar-refractivity contribution >= 4 is 33.2 Å². The molecule has 1 fully saturated rings. The zero-order valence-electron chi connectivity index (χ0n) is 13.1. The second kappa shape index (κ2) is 6.06. The summed E-state index contributed by atoms with van der Waals surface area (Å²) in [5, 5.41) is 1.81. The Morgan fingerprint density at radius 1 is 1.23 bits per heavy atom. The summed E-state index contributed by atoms with van der Waals surface area (Å²) < 4.78 is 0. The van der Waals surface area contributed by atoms with Crippen LogP contribution >= 0.6 is 22.9 Å². The van der Waals surface area contributed by atoms with Crippen molar-refractivity contribution < 1.29 is 0 Å². The summed E-state index contributed by atoms with van der Waals surface area (Å²) in [7, 11) is 0. The van der Waals surface area contributed by atoms with Crippen molar-refractivity contribution in [3.8, 4) is 0 Å². The average molecular weight is 336 g/mol. The van der Waals surface area contributed by atoms with Crippen LogP contribution in [0.4, 0.5) is 0 Å². The lowest BCUT2D eigenvalue weighted by Gasteiger charge is -2.25. The third kappa shape index (κ3) is 2.77. The monoisotopic (exact) mass is 335 g/mol. The fourth-order valence-electron chi connectivity index (χ4n) is 3.73. The van der Waals surface area contributed by atoms with Crippen molar-refractivity contribution in [2.24, 2.45) is 5.92 Å². The molecule has 22 heavy (non-hydrogen) atoms. The van der Waals surface area contributed by atoms with Crippen LogP contribution in [0, 0.1) is 5.92 Å². The van der Waals surface area contributed by atoms with Crippen LogP contribution in [0.1, 0.15) is 48.9 Å². The molecule has 2 aromatic heterocycles. The maximum Gasteiger partial charge on any atom is 0.145 e. The first kappa shape index (κ1) is 14.9. The average Bonchev–Trinajstić information content (AvgIpc) is 2.85. The Morgan fingerprint density at radius 2 is 2.05 bits per heavy atom. The molecule has 1 saturated heterocycles. The molecule has 5 heteroatoms. The second-order valence-electron chi connectivity index (χ2n) is 6.80. The molecular formula is C17H22ClN3S. The Morgan fingerprint density at radius 3 is 2.86 bits per heavy atom. The third-order valence-electron chi connectivity index (χ3n) is 4.97. The number of aryl methyl sites for hydroxylation is 1. The van der Waals surface area contributed by atoms with Gasteiger partial charge in [0.25, 0.3) is 0 Å². The van der Waals surface area contributed by atoms with Crippen LogP contribution < -0.4 is 0 Å². The highest BCUT2D eigenvalue weighted by atomic mass is 35.5. The molecule has 1 aliphatic carbocycles. The van der Waals surface area contributed by atoms with Crippen LogP contribution in [-0.4, -0.2) is 28.0 Å². The van der Waals surface area contributed by atoms with Gasteiger partial charge in [-0.3, -0.25) is 4.90 Å². The topological polar surface area (TPSA) is 29.0 Å². The van der Waals surface area contributed by atoms with Crippen LogP contribution in [0.2, 0.25) is 5.15 Å². The summed E-state index contributed by atoms with van der Waals surface area (Å²) in [6, 6.07) is 0. The first-order chi connectivity index (χ1) is 10.7. The van der Waals surface area contributed by atoms with Gasteiger partial charge in [0.15, 0.2) is 0 Å². The molecule has 2 aliphatic rings. The van der Waals surface area contributed by atoms with E-state index in [0.717, 1.165) is 48.0 Å². The van der Waals surface area contributed by atoms with Crippen molar-refractivity contribution in [1.82, 2.24) is 14.9 Å². The van der Waals surface area contributed by atoms with Gasteiger partial charge in [0.1, 0.15) is 15.8 Å². The molecule has 0 N–H and O–H groups in total. The molecule has 3 nitrogen and oxygen atoms in total. The minimum Gasteiger partial charge on any atom is -0.296 e. The molecule has 1 atom stereocenters. The van der Waals surface area contributed by atoms with Crippen molar-refractivity contribution in [3.63, 3.8) is 0 Å². The molecule has 118 valence electrons. The van der Waals surface area contributed by atoms with E-state index < -0.39 is 0 Å². The van der Waals surface area contributed by atoms with Crippen molar-refractivity contribution in [2.75, 3.05) is 13.1 Å². The number of likely N-dealkylation sites (tertiary alicyclic amines) is 1. The predicted octanol–water partition coefficient (Wildman–Crippen LogP) is 4.46. The minimum atomic E-state index is 0.670. The largest absolute Gasteiger partial charge is 0.296 e. The van der Waals surface area contributed by atoms with Gasteiger partial charge in [-0.1, -0.05) is 24.9 Å². The third-order valence-corrected chi connectivity index (χ3v) is 6.39. The number of aromatic nitrogens is 2. The molecule has 2 aromatic rings. The number of halogens is 1. The normalized spacial score (nSPS) is 22.9. The molecular weight excluding hydrogens is 314 g/mol. The molecule has 0 saturated carbocycles. The van der Waals surface area contributed by atoms with Crippen LogP contribution in [0.3, 0.4) is 0 Å². The van der Waals surface area contributed by atoms with Gasteiger partial charge in [0.2, 0.25) is 0 Å². The van der Waals surface area contributed by atoms with Crippen molar-refractivity contribution in [2.45, 2.75) is 52.0 Å². The number of piperidine rings is 1. The van der Waals surface area contributed by atoms with Crippen molar-refractivity contribution in [1.29, 1.82) is 0 Å². The Bertz CT molecular complexity index is 691. The van der Waals surface area contributed by atoms with E-state index in [1.165, 1.54) is 42.5 Å². The van der Waals surface area contributed by atoms with Gasteiger partial charge in [-0.25, -0.2) is 9.97 Å². The Hall–Kier alpha value is -0.710. The maximum atomic E-state index is 6.53. The van der Waals surface area contributed by atoms with Crippen molar-refractivity contribution in [3.05, 3.63) is 21.4 Å². The summed E-state index contributed by atoms with van der Waals surface area (Å²) in [5.74, 6) is 1.67. The van der Waals surface area contributed by atoms with E-state index in [2.05, 4.69) is 16.8 Å². The highest BCUT2D eigenvalue weighted by Crippen LogP contribution is 2.39. The summed E-state index contributed by atoms with van der Waals surface area (Å²) in [4.78, 5) is 14.5. The standard InChI is InChI=1S/C17H22ClN3S/c1-11-5-6-12-13(9-11)22-17-15(12)16(18)19-14(20-17)10-21-7-3-2-4-8-21/h11H,2-10H2,1H3/t11-/m0/s1. The Balaban J connectivity index is 1.67. The smallest absolute Gasteiger partial charge is 0.145 e. The number of nitrogens with zero attached hydrogens (tertiary/aromatic N) is 3. The first-order valence-electron chi connectivity index (χ1n) is 8.39. The van der Waals surface area contributed by atoms with E-state index in [4.69, 9.17) is 16.6 Å². The molecule has 1 aliphatic heterocycles. The van der Waals surface area contributed by atoms with E-state index in [-0.39, 0.29) is 0 Å². The second-order valence-corrected chi connectivity index (χ2v) is 8.24. The Kier molecular flexibility index (Phi) is 4.09. The SMILES string of the molecule is C[C@H]1CCc2c(sc3nc(CN4CCCCC4)nc(Cl)c23)C1. The number of hydrogen-bond donors (Lipinski definition) is 0. The van der Waals surface area contributed by atoms with Crippen LogP contribution in [0.25, 0.3) is 10.2 Å². The van der Waals surface area contributed by atoms with E-state index in [0.29, 0.717) is 5.15 Å². The molecule has 0 amide bonds. The fourth-order valence-corrected chi connectivity index (χ4v) is 5.49. The van der Waals surface area contributed by atoms with E-state index >= 15 is 0 Å². The highest BCUT2D eigenvalue weighted by molar-refractivity contribution is 7.19. The van der Waals surface area contributed by atoms with Crippen LogP contribution in [0.15, 0.2) is 0 Å². The molecule has 0 spiro atoms. The molecule has 3 heterocycles. The quantitative estimate of drug-likeness (QED) is 0.759. The van der Waals surface area contributed by atoms with Gasteiger partial charge >= 0.3 is 0 Å². The zero-order chi connectivity index (χ0) is 15.1. The number of rotatable bonds is 2. The van der Waals surface area contributed by atoms with E-state index in [9.17, 15) is 0 Å². The van der Waals surface area contributed by atoms with E-state index in [1.54, 1.807) is 0 Å². The number of hydrogen-bond acceptors (Lipinski definition) is 4. The first-order valence-corrected chi connectivity index (χ1v) is 9.59. The maximum absolute atomic E-state index is 6.53.